The number of hydrogen-bond donors (Lipinski definition) is 2. The van der Waals surface area contributed by atoms with Crippen molar-refractivity contribution in [2.75, 3.05) is 0 Å². The molecule has 0 radical (unpaired) electrons. The molecule has 1 heterocycles. The van der Waals surface area contributed by atoms with Gasteiger partial charge < -0.3 is 5.11 Å². The Labute approximate surface area is 121 Å². The summed E-state index contributed by atoms with van der Waals surface area (Å²) in [5, 5.41) is 17.1. The van der Waals surface area contributed by atoms with Gasteiger partial charge in [-0.25, -0.2) is 0 Å². The molecule has 0 amide bonds. The van der Waals surface area contributed by atoms with Crippen LogP contribution in [0.3, 0.4) is 0 Å². The molecule has 1 aromatic heterocycles. The lowest BCUT2D eigenvalue weighted by Gasteiger charge is -2.39. The summed E-state index contributed by atoms with van der Waals surface area (Å²) in [5.41, 5.74) is -0.824. The predicted molar refractivity (Wildman–Crippen MR) is 76.1 cm³/mol. The van der Waals surface area contributed by atoms with Crippen LogP contribution in [-0.2, 0) is 4.79 Å². The minimum atomic E-state index is -0.824. The lowest BCUT2D eigenvalue weighted by Crippen LogP contribution is -2.57. The molecule has 0 spiro atoms. The van der Waals surface area contributed by atoms with Crippen LogP contribution in [0.4, 0.5) is 0 Å². The van der Waals surface area contributed by atoms with Crippen LogP contribution < -0.4 is 5.32 Å². The number of hydrogen-bond acceptors (Lipinski definition) is 3. The third-order valence-electron chi connectivity index (χ3n) is 3.64. The van der Waals surface area contributed by atoms with Crippen LogP contribution in [-0.4, -0.2) is 32.4 Å². The van der Waals surface area contributed by atoms with Crippen molar-refractivity contribution in [3.8, 4) is 0 Å². The van der Waals surface area contributed by atoms with E-state index in [1.54, 1.807) is 6.20 Å². The van der Waals surface area contributed by atoms with Gasteiger partial charge in [0, 0.05) is 12.2 Å². The van der Waals surface area contributed by atoms with E-state index in [1.807, 2.05) is 24.7 Å². The lowest BCUT2D eigenvalue weighted by atomic mass is 9.78. The molecule has 2 atom stereocenters. The first-order chi connectivity index (χ1) is 8.93. The Balaban J connectivity index is 2.20. The first kappa shape index (κ1) is 14.5. The monoisotopic (exact) mass is 329 g/mol. The van der Waals surface area contributed by atoms with Crippen molar-refractivity contribution < 1.29 is 9.90 Å². The fourth-order valence-corrected chi connectivity index (χ4v) is 3.23. The molecule has 0 saturated heterocycles. The van der Waals surface area contributed by atoms with Gasteiger partial charge in [0.15, 0.2) is 0 Å². The van der Waals surface area contributed by atoms with Crippen molar-refractivity contribution in [3.63, 3.8) is 0 Å². The number of aromatic nitrogens is 2. The van der Waals surface area contributed by atoms with Crippen molar-refractivity contribution in [2.45, 2.75) is 57.2 Å². The molecule has 0 aromatic carbocycles. The van der Waals surface area contributed by atoms with Crippen molar-refractivity contribution in [2.24, 2.45) is 0 Å². The zero-order valence-corrected chi connectivity index (χ0v) is 12.9. The molecule has 106 valence electrons. The van der Waals surface area contributed by atoms with Crippen LogP contribution in [0.15, 0.2) is 16.9 Å². The van der Waals surface area contributed by atoms with Gasteiger partial charge in [-0.2, -0.15) is 5.10 Å². The molecule has 2 unspecified atom stereocenters. The SMILES string of the molecule is CC(C)NC1(C(=O)O)CCCC(n2cc(Br)cn2)C1. The summed E-state index contributed by atoms with van der Waals surface area (Å²) in [7, 11) is 0. The average molecular weight is 330 g/mol. The number of nitrogens with zero attached hydrogens (tertiary/aromatic N) is 2. The number of carboxylic acid groups (broad SMARTS) is 1. The quantitative estimate of drug-likeness (QED) is 0.890. The van der Waals surface area contributed by atoms with Crippen molar-refractivity contribution >= 4 is 21.9 Å². The summed E-state index contributed by atoms with van der Waals surface area (Å²) in [6.07, 6.45) is 6.79. The maximum atomic E-state index is 11.7. The maximum absolute atomic E-state index is 11.7. The van der Waals surface area contributed by atoms with Crippen LogP contribution in [0.2, 0.25) is 0 Å². The smallest absolute Gasteiger partial charge is 0.323 e. The highest BCUT2D eigenvalue weighted by Gasteiger charge is 2.43. The molecule has 5 nitrogen and oxygen atoms in total. The largest absolute Gasteiger partial charge is 0.480 e. The van der Waals surface area contributed by atoms with Gasteiger partial charge in [-0.1, -0.05) is 0 Å². The van der Waals surface area contributed by atoms with E-state index in [0.717, 1.165) is 17.3 Å². The van der Waals surface area contributed by atoms with E-state index >= 15 is 0 Å². The Kier molecular flexibility index (Phi) is 4.30. The molecule has 0 bridgehead atoms. The molecular weight excluding hydrogens is 310 g/mol. The van der Waals surface area contributed by atoms with E-state index in [9.17, 15) is 9.90 Å². The van der Waals surface area contributed by atoms with Gasteiger partial charge in [-0.05, 0) is 55.5 Å². The molecule has 1 aromatic rings. The summed E-state index contributed by atoms with van der Waals surface area (Å²) >= 11 is 3.38. The summed E-state index contributed by atoms with van der Waals surface area (Å²) in [4.78, 5) is 11.7. The van der Waals surface area contributed by atoms with Crippen LogP contribution in [0, 0.1) is 0 Å². The van der Waals surface area contributed by atoms with E-state index in [4.69, 9.17) is 0 Å². The Morgan fingerprint density at radius 1 is 1.68 bits per heavy atom. The number of rotatable bonds is 4. The first-order valence-electron chi connectivity index (χ1n) is 6.64. The van der Waals surface area contributed by atoms with E-state index in [-0.39, 0.29) is 12.1 Å². The number of carboxylic acids is 1. The Hall–Kier alpha value is -0.880. The molecule has 1 saturated carbocycles. The number of carbonyl (C=O) groups is 1. The molecule has 0 aliphatic heterocycles. The van der Waals surface area contributed by atoms with Crippen LogP contribution in [0.1, 0.15) is 45.6 Å². The maximum Gasteiger partial charge on any atom is 0.323 e. The number of nitrogens with one attached hydrogen (secondary N) is 1. The highest BCUT2D eigenvalue weighted by atomic mass is 79.9. The molecule has 2 N–H and O–H groups in total. The molecule has 2 rings (SSSR count). The topological polar surface area (TPSA) is 67.2 Å². The molecule has 6 heteroatoms. The Morgan fingerprint density at radius 2 is 2.42 bits per heavy atom. The molecule has 1 aliphatic carbocycles. The van der Waals surface area contributed by atoms with E-state index in [2.05, 4.69) is 26.3 Å². The van der Waals surface area contributed by atoms with Crippen LogP contribution in [0.5, 0.6) is 0 Å². The molecule has 1 aliphatic rings. The number of halogens is 1. The standard InChI is InChI=1S/C13H20BrN3O2/c1-9(2)16-13(12(18)19)5-3-4-11(6-13)17-8-10(14)7-15-17/h7-9,11,16H,3-6H2,1-2H3,(H,18,19). The Bertz CT molecular complexity index is 460. The number of aliphatic carboxylic acids is 1. The van der Waals surface area contributed by atoms with Gasteiger partial charge >= 0.3 is 5.97 Å². The van der Waals surface area contributed by atoms with Gasteiger partial charge in [0.05, 0.1) is 16.7 Å². The predicted octanol–water partition coefficient (Wildman–Crippen LogP) is 2.58. The van der Waals surface area contributed by atoms with Crippen LogP contribution >= 0.6 is 15.9 Å². The average Bonchev–Trinajstić information content (AvgIpc) is 2.75. The van der Waals surface area contributed by atoms with Gasteiger partial charge in [-0.3, -0.25) is 14.8 Å². The summed E-state index contributed by atoms with van der Waals surface area (Å²) in [6.45, 7) is 3.97. The molecule has 19 heavy (non-hydrogen) atoms. The van der Waals surface area contributed by atoms with E-state index < -0.39 is 11.5 Å². The molecular formula is C13H20BrN3O2. The van der Waals surface area contributed by atoms with Gasteiger partial charge in [-0.15, -0.1) is 0 Å². The zero-order valence-electron chi connectivity index (χ0n) is 11.3. The Morgan fingerprint density at radius 3 is 2.95 bits per heavy atom. The second kappa shape index (κ2) is 5.63. The normalized spacial score (nSPS) is 27.7. The first-order valence-corrected chi connectivity index (χ1v) is 7.43. The van der Waals surface area contributed by atoms with Crippen molar-refractivity contribution in [1.29, 1.82) is 0 Å². The van der Waals surface area contributed by atoms with Gasteiger partial charge in [0.1, 0.15) is 5.54 Å². The van der Waals surface area contributed by atoms with Crippen LogP contribution in [0.25, 0.3) is 0 Å². The third-order valence-corrected chi connectivity index (χ3v) is 4.05. The second-order valence-electron chi connectivity index (χ2n) is 5.58. The lowest BCUT2D eigenvalue weighted by molar-refractivity contribution is -0.147. The minimum Gasteiger partial charge on any atom is -0.480 e. The summed E-state index contributed by atoms with van der Waals surface area (Å²) < 4.78 is 2.80. The highest BCUT2D eigenvalue weighted by molar-refractivity contribution is 9.10. The summed E-state index contributed by atoms with van der Waals surface area (Å²) in [6, 6.07) is 0.293. The zero-order chi connectivity index (χ0) is 14.0. The van der Waals surface area contributed by atoms with Gasteiger partial charge in [0.2, 0.25) is 0 Å². The third kappa shape index (κ3) is 3.17. The van der Waals surface area contributed by atoms with E-state index in [1.165, 1.54) is 0 Å². The fraction of sp³-hybridized carbons (Fsp3) is 0.692. The second-order valence-corrected chi connectivity index (χ2v) is 6.49. The molecule has 1 fully saturated rings. The minimum absolute atomic E-state index is 0.141. The van der Waals surface area contributed by atoms with Gasteiger partial charge in [0.25, 0.3) is 0 Å². The van der Waals surface area contributed by atoms with E-state index in [0.29, 0.717) is 12.8 Å². The highest BCUT2D eigenvalue weighted by Crippen LogP contribution is 2.36. The van der Waals surface area contributed by atoms with Crippen molar-refractivity contribution in [1.82, 2.24) is 15.1 Å². The van der Waals surface area contributed by atoms with Crippen molar-refractivity contribution in [3.05, 3.63) is 16.9 Å². The fourth-order valence-electron chi connectivity index (χ4n) is 2.93. The summed E-state index contributed by atoms with van der Waals surface area (Å²) in [5.74, 6) is -0.753.